The molecule has 6 nitrogen and oxygen atoms in total. The number of aliphatic carboxylic acids is 1. The SMILES string of the molecule is CC(C)(C)OC(=O)N[C@@H](Cc1ccccc1)[C@H](C[C@H](C(=O)O)C(F)c1ccccc1)O[Si](C)(C)C(C)(C)C. The Morgan fingerprint density at radius 2 is 1.47 bits per heavy atom. The van der Waals surface area contributed by atoms with Crippen LogP contribution in [0.1, 0.15) is 65.3 Å². The molecule has 0 spiro atoms. The van der Waals surface area contributed by atoms with Crippen LogP contribution < -0.4 is 5.32 Å². The van der Waals surface area contributed by atoms with Crippen molar-refractivity contribution in [2.75, 3.05) is 0 Å². The van der Waals surface area contributed by atoms with Gasteiger partial charge in [-0.15, -0.1) is 0 Å². The second-order valence-corrected chi connectivity index (χ2v) is 17.1. The third kappa shape index (κ3) is 9.55. The Hall–Kier alpha value is -2.71. The fourth-order valence-corrected chi connectivity index (χ4v) is 5.29. The zero-order valence-electron chi connectivity index (χ0n) is 24.0. The lowest BCUT2D eigenvalue weighted by molar-refractivity contribution is -0.145. The van der Waals surface area contributed by atoms with Gasteiger partial charge in [-0.25, -0.2) is 9.18 Å². The minimum absolute atomic E-state index is 0.120. The molecular formula is C30H44FNO5Si. The van der Waals surface area contributed by atoms with Gasteiger partial charge in [-0.2, -0.15) is 0 Å². The summed E-state index contributed by atoms with van der Waals surface area (Å²) in [6.07, 6.45) is -2.89. The molecule has 2 aromatic rings. The van der Waals surface area contributed by atoms with E-state index >= 15 is 4.39 Å². The lowest BCUT2D eigenvalue weighted by Crippen LogP contribution is -2.54. The monoisotopic (exact) mass is 545 g/mol. The lowest BCUT2D eigenvalue weighted by Gasteiger charge is -2.42. The molecule has 8 heteroatoms. The highest BCUT2D eigenvalue weighted by Crippen LogP contribution is 2.40. The molecule has 0 heterocycles. The third-order valence-corrected chi connectivity index (χ3v) is 11.5. The normalized spacial score (nSPS) is 15.7. The maximum atomic E-state index is 15.7. The molecule has 0 fully saturated rings. The van der Waals surface area contributed by atoms with Gasteiger partial charge in [-0.3, -0.25) is 4.79 Å². The largest absolute Gasteiger partial charge is 0.481 e. The van der Waals surface area contributed by atoms with Crippen LogP contribution in [0.5, 0.6) is 0 Å². The number of carbonyl (C=O) groups is 2. The van der Waals surface area contributed by atoms with Crippen LogP contribution in [0, 0.1) is 5.92 Å². The molecule has 0 saturated heterocycles. The first-order valence-electron chi connectivity index (χ1n) is 13.1. The van der Waals surface area contributed by atoms with Gasteiger partial charge in [0.25, 0.3) is 0 Å². The molecule has 210 valence electrons. The van der Waals surface area contributed by atoms with Crippen LogP contribution in [0.3, 0.4) is 0 Å². The Kier molecular flexibility index (Phi) is 10.7. The Morgan fingerprint density at radius 1 is 0.947 bits per heavy atom. The van der Waals surface area contributed by atoms with Crippen LogP contribution in [0.15, 0.2) is 60.7 Å². The van der Waals surface area contributed by atoms with E-state index in [0.29, 0.717) is 12.0 Å². The molecule has 1 unspecified atom stereocenters. The van der Waals surface area contributed by atoms with E-state index in [2.05, 4.69) is 39.2 Å². The zero-order valence-corrected chi connectivity index (χ0v) is 25.0. The van der Waals surface area contributed by atoms with Crippen molar-refractivity contribution in [3.63, 3.8) is 0 Å². The molecule has 4 atom stereocenters. The number of amides is 1. The molecule has 38 heavy (non-hydrogen) atoms. The van der Waals surface area contributed by atoms with E-state index in [0.717, 1.165) is 5.56 Å². The first-order valence-corrected chi connectivity index (χ1v) is 16.0. The number of alkyl halides is 1. The van der Waals surface area contributed by atoms with Crippen molar-refractivity contribution in [2.45, 2.75) is 96.4 Å². The van der Waals surface area contributed by atoms with Crippen LogP contribution in [0.2, 0.25) is 18.1 Å². The first-order chi connectivity index (χ1) is 17.5. The van der Waals surface area contributed by atoms with E-state index < -0.39 is 50.2 Å². The van der Waals surface area contributed by atoms with E-state index in [-0.39, 0.29) is 11.5 Å². The smallest absolute Gasteiger partial charge is 0.407 e. The topological polar surface area (TPSA) is 84.9 Å². The van der Waals surface area contributed by atoms with Crippen molar-refractivity contribution in [3.8, 4) is 0 Å². The predicted molar refractivity (Wildman–Crippen MR) is 151 cm³/mol. The molecule has 2 N–H and O–H groups in total. The van der Waals surface area contributed by atoms with Crippen LogP contribution in [-0.4, -0.2) is 43.2 Å². The van der Waals surface area contributed by atoms with Crippen LogP contribution >= 0.6 is 0 Å². The highest BCUT2D eigenvalue weighted by molar-refractivity contribution is 6.74. The molecule has 0 aliphatic heterocycles. The molecule has 0 aliphatic carbocycles. The van der Waals surface area contributed by atoms with Crippen LogP contribution in [0.4, 0.5) is 9.18 Å². The summed E-state index contributed by atoms with van der Waals surface area (Å²) in [6, 6.07) is 17.2. The summed E-state index contributed by atoms with van der Waals surface area (Å²) in [7, 11) is -2.47. The van der Waals surface area contributed by atoms with E-state index in [1.54, 1.807) is 51.1 Å². The fraction of sp³-hybridized carbons (Fsp3) is 0.533. The van der Waals surface area contributed by atoms with Gasteiger partial charge >= 0.3 is 12.1 Å². The number of ether oxygens (including phenoxy) is 1. The Balaban J connectivity index is 2.52. The van der Waals surface area contributed by atoms with Gasteiger partial charge in [-0.05, 0) is 62.9 Å². The van der Waals surface area contributed by atoms with Gasteiger partial charge in [0.2, 0.25) is 0 Å². The van der Waals surface area contributed by atoms with Crippen molar-refractivity contribution < 1.29 is 28.2 Å². The molecule has 0 aromatic heterocycles. The maximum Gasteiger partial charge on any atom is 0.407 e. The zero-order chi connectivity index (χ0) is 28.7. The first kappa shape index (κ1) is 31.5. The van der Waals surface area contributed by atoms with Crippen LogP contribution in [-0.2, 0) is 20.4 Å². The molecular weight excluding hydrogens is 501 g/mol. The van der Waals surface area contributed by atoms with E-state index in [1.165, 1.54) is 0 Å². The molecule has 0 bridgehead atoms. The summed E-state index contributed by atoms with van der Waals surface area (Å²) in [5.41, 5.74) is 0.507. The average molecular weight is 546 g/mol. The number of rotatable bonds is 11. The summed E-state index contributed by atoms with van der Waals surface area (Å²) in [5.74, 6) is -2.62. The van der Waals surface area contributed by atoms with Crippen molar-refractivity contribution >= 4 is 20.4 Å². The standard InChI is InChI=1S/C30H44FNO5Si/c1-29(2,3)36-28(35)32-24(19-21-15-11-9-12-16-21)25(37-38(7,8)30(4,5)6)20-23(27(33)34)26(31)22-17-13-10-14-18-22/h9-18,23-26H,19-20H2,1-8H3,(H,32,35)(H,33,34)/t23-,24-,25-,26?/m0/s1. The maximum absolute atomic E-state index is 15.7. The third-order valence-electron chi connectivity index (χ3n) is 6.98. The molecule has 1 amide bonds. The number of carbonyl (C=O) groups excluding carboxylic acids is 1. The lowest BCUT2D eigenvalue weighted by atomic mass is 9.88. The number of hydrogen-bond acceptors (Lipinski definition) is 4. The second kappa shape index (κ2) is 12.9. The van der Waals surface area contributed by atoms with E-state index in [4.69, 9.17) is 9.16 Å². The van der Waals surface area contributed by atoms with Crippen molar-refractivity contribution in [3.05, 3.63) is 71.8 Å². The van der Waals surface area contributed by atoms with Gasteiger partial charge in [-0.1, -0.05) is 81.4 Å². The molecule has 0 saturated carbocycles. The number of carboxylic acid groups (broad SMARTS) is 1. The number of hydrogen-bond donors (Lipinski definition) is 2. The summed E-state index contributed by atoms with van der Waals surface area (Å²) in [6.45, 7) is 15.7. The van der Waals surface area contributed by atoms with Crippen molar-refractivity contribution in [2.24, 2.45) is 5.92 Å². The highest BCUT2D eigenvalue weighted by atomic mass is 28.4. The van der Waals surface area contributed by atoms with Gasteiger partial charge in [0.1, 0.15) is 11.8 Å². The second-order valence-electron chi connectivity index (χ2n) is 12.4. The molecule has 0 radical (unpaired) electrons. The Labute approximate surface area is 228 Å². The summed E-state index contributed by atoms with van der Waals surface area (Å²) >= 11 is 0. The highest BCUT2D eigenvalue weighted by Gasteiger charge is 2.43. The van der Waals surface area contributed by atoms with Gasteiger partial charge in [0, 0.05) is 0 Å². The van der Waals surface area contributed by atoms with Gasteiger partial charge < -0.3 is 19.6 Å². The summed E-state index contributed by atoms with van der Waals surface area (Å²) in [5, 5.41) is 12.9. The van der Waals surface area contributed by atoms with E-state index in [1.807, 2.05) is 30.3 Å². The quantitative estimate of drug-likeness (QED) is 0.289. The predicted octanol–water partition coefficient (Wildman–Crippen LogP) is 7.31. The summed E-state index contributed by atoms with van der Waals surface area (Å²) in [4.78, 5) is 25.3. The van der Waals surface area contributed by atoms with Crippen LogP contribution in [0.25, 0.3) is 0 Å². The number of nitrogens with one attached hydrogen (secondary N) is 1. The van der Waals surface area contributed by atoms with Crippen molar-refractivity contribution in [1.82, 2.24) is 5.32 Å². The van der Waals surface area contributed by atoms with Crippen molar-refractivity contribution in [1.29, 1.82) is 0 Å². The average Bonchev–Trinajstić information content (AvgIpc) is 2.80. The minimum Gasteiger partial charge on any atom is -0.481 e. The van der Waals surface area contributed by atoms with E-state index in [9.17, 15) is 14.7 Å². The Morgan fingerprint density at radius 3 is 1.95 bits per heavy atom. The summed E-state index contributed by atoms with van der Waals surface area (Å²) < 4.78 is 28.0. The number of halogens is 1. The number of alkyl carbamates (subject to hydrolysis) is 1. The number of carboxylic acids is 1. The van der Waals surface area contributed by atoms with Gasteiger partial charge in [0.15, 0.2) is 8.32 Å². The Bertz CT molecular complexity index is 1030. The molecule has 0 aliphatic rings. The molecule has 2 aromatic carbocycles. The fourth-order valence-electron chi connectivity index (χ4n) is 3.92. The minimum atomic E-state index is -2.47. The van der Waals surface area contributed by atoms with Gasteiger partial charge in [0.05, 0.1) is 18.1 Å². The molecule has 2 rings (SSSR count). The number of benzene rings is 2.